The van der Waals surface area contributed by atoms with Gasteiger partial charge in [-0.05, 0) is 13.0 Å². The summed E-state index contributed by atoms with van der Waals surface area (Å²) in [5, 5.41) is 3.39. The van der Waals surface area contributed by atoms with Crippen LogP contribution >= 0.6 is 0 Å². The molecule has 0 aromatic carbocycles. The third kappa shape index (κ3) is 2.62. The molecule has 0 bridgehead atoms. The summed E-state index contributed by atoms with van der Waals surface area (Å²) in [7, 11) is 3.93. The maximum atomic E-state index is 4.44. The van der Waals surface area contributed by atoms with Crippen LogP contribution in [0.5, 0.6) is 0 Å². The molecule has 0 aliphatic carbocycles. The smallest absolute Gasteiger partial charge is 0.145 e. The Hall–Kier alpha value is -2.70. The average molecular weight is 283 g/mol. The van der Waals surface area contributed by atoms with Crippen LogP contribution in [-0.2, 0) is 14.1 Å². The van der Waals surface area contributed by atoms with E-state index in [-0.39, 0.29) is 6.04 Å². The largest absolute Gasteiger partial charge is 0.354 e. The van der Waals surface area contributed by atoms with Gasteiger partial charge >= 0.3 is 0 Å². The van der Waals surface area contributed by atoms with Crippen LogP contribution in [0, 0.1) is 6.92 Å². The zero-order valence-corrected chi connectivity index (χ0v) is 12.2. The normalized spacial score (nSPS) is 11.0. The summed E-state index contributed by atoms with van der Waals surface area (Å²) in [4.78, 5) is 17.4. The van der Waals surface area contributed by atoms with Crippen molar-refractivity contribution in [3.05, 3.63) is 54.5 Å². The molecule has 0 fully saturated rings. The molecule has 0 aliphatic rings. The Labute approximate surface area is 122 Å². The van der Waals surface area contributed by atoms with Crippen molar-refractivity contribution >= 4 is 5.82 Å². The molecule has 3 rings (SSSR count). The quantitative estimate of drug-likeness (QED) is 0.784. The molecule has 21 heavy (non-hydrogen) atoms. The van der Waals surface area contributed by atoms with Crippen molar-refractivity contribution in [3.63, 3.8) is 0 Å². The molecular weight excluding hydrogens is 266 g/mol. The van der Waals surface area contributed by atoms with E-state index in [0.29, 0.717) is 0 Å². The molecule has 0 spiro atoms. The molecule has 0 saturated carbocycles. The Morgan fingerprint density at radius 1 is 0.952 bits per heavy atom. The van der Waals surface area contributed by atoms with Crippen LogP contribution in [0.2, 0.25) is 0 Å². The van der Waals surface area contributed by atoms with Crippen molar-refractivity contribution in [2.24, 2.45) is 14.1 Å². The Bertz CT molecular complexity index is 703. The molecule has 0 radical (unpaired) electrons. The number of imidazole rings is 2. The molecule has 3 heterocycles. The van der Waals surface area contributed by atoms with Crippen LogP contribution in [-0.4, -0.2) is 29.1 Å². The lowest BCUT2D eigenvalue weighted by molar-refractivity contribution is 0.675. The second-order valence-electron chi connectivity index (χ2n) is 4.86. The maximum Gasteiger partial charge on any atom is 0.145 e. The van der Waals surface area contributed by atoms with Gasteiger partial charge in [0.05, 0.1) is 0 Å². The van der Waals surface area contributed by atoms with E-state index in [1.807, 2.05) is 48.6 Å². The summed E-state index contributed by atoms with van der Waals surface area (Å²) >= 11 is 0. The number of nitrogens with zero attached hydrogens (tertiary/aromatic N) is 6. The summed E-state index contributed by atoms with van der Waals surface area (Å²) in [5.41, 5.74) is 0. The van der Waals surface area contributed by atoms with Crippen LogP contribution < -0.4 is 5.32 Å². The molecule has 7 nitrogen and oxygen atoms in total. The molecule has 0 saturated heterocycles. The van der Waals surface area contributed by atoms with Gasteiger partial charge in [0.2, 0.25) is 0 Å². The SMILES string of the molecule is Cc1nccc(NC(c2nccn2C)c2nccn2C)n1. The highest BCUT2D eigenvalue weighted by Gasteiger charge is 2.22. The molecule has 3 aromatic rings. The standard InChI is InChI=1S/C14H17N7/c1-10-15-5-4-11(18-10)19-12(13-16-6-8-20(13)2)14-17-7-9-21(14)3/h4-9,12H,1-3H3,(H,15,18,19). The molecule has 3 aromatic heterocycles. The minimum atomic E-state index is -0.181. The summed E-state index contributed by atoms with van der Waals surface area (Å²) in [6.07, 6.45) is 9.12. The van der Waals surface area contributed by atoms with Crippen molar-refractivity contribution in [1.29, 1.82) is 0 Å². The van der Waals surface area contributed by atoms with Crippen LogP contribution in [0.4, 0.5) is 5.82 Å². The van der Waals surface area contributed by atoms with Gasteiger partial charge < -0.3 is 14.5 Å². The predicted octanol–water partition coefficient (Wildman–Crippen LogP) is 1.45. The Balaban J connectivity index is 2.01. The molecule has 0 amide bonds. The fourth-order valence-corrected chi connectivity index (χ4v) is 2.24. The number of rotatable bonds is 4. The minimum absolute atomic E-state index is 0.181. The van der Waals surface area contributed by atoms with Crippen LogP contribution in [0.25, 0.3) is 0 Å². The van der Waals surface area contributed by atoms with E-state index < -0.39 is 0 Å². The molecule has 0 aliphatic heterocycles. The van der Waals surface area contributed by atoms with Crippen molar-refractivity contribution < 1.29 is 0 Å². The molecule has 108 valence electrons. The van der Waals surface area contributed by atoms with Crippen LogP contribution in [0.1, 0.15) is 23.5 Å². The number of aromatic nitrogens is 6. The van der Waals surface area contributed by atoms with Crippen molar-refractivity contribution in [2.75, 3.05) is 5.32 Å². The van der Waals surface area contributed by atoms with Crippen molar-refractivity contribution in [1.82, 2.24) is 29.1 Å². The highest BCUT2D eigenvalue weighted by Crippen LogP contribution is 2.22. The first kappa shape index (κ1) is 13.3. The van der Waals surface area contributed by atoms with Gasteiger partial charge in [0.15, 0.2) is 0 Å². The van der Waals surface area contributed by atoms with E-state index in [2.05, 4.69) is 25.3 Å². The lowest BCUT2D eigenvalue weighted by atomic mass is 10.2. The second-order valence-corrected chi connectivity index (χ2v) is 4.86. The Morgan fingerprint density at radius 2 is 1.57 bits per heavy atom. The molecular formula is C14H17N7. The minimum Gasteiger partial charge on any atom is -0.354 e. The molecule has 1 N–H and O–H groups in total. The monoisotopic (exact) mass is 283 g/mol. The first-order chi connectivity index (χ1) is 10.1. The van der Waals surface area contributed by atoms with Gasteiger partial charge in [0, 0.05) is 45.1 Å². The zero-order chi connectivity index (χ0) is 14.8. The average Bonchev–Trinajstić information content (AvgIpc) is 3.05. The van der Waals surface area contributed by atoms with E-state index in [4.69, 9.17) is 0 Å². The van der Waals surface area contributed by atoms with E-state index in [1.54, 1.807) is 18.6 Å². The summed E-state index contributed by atoms with van der Waals surface area (Å²) in [6, 6.07) is 1.66. The second kappa shape index (κ2) is 5.35. The van der Waals surface area contributed by atoms with E-state index in [0.717, 1.165) is 23.3 Å². The lowest BCUT2D eigenvalue weighted by Gasteiger charge is -2.19. The van der Waals surface area contributed by atoms with E-state index >= 15 is 0 Å². The molecule has 7 heteroatoms. The van der Waals surface area contributed by atoms with Gasteiger partial charge in [-0.15, -0.1) is 0 Å². The molecule has 0 unspecified atom stereocenters. The summed E-state index contributed by atoms with van der Waals surface area (Å²) < 4.78 is 3.95. The third-order valence-electron chi connectivity index (χ3n) is 3.30. The number of hydrogen-bond acceptors (Lipinski definition) is 5. The number of hydrogen-bond donors (Lipinski definition) is 1. The van der Waals surface area contributed by atoms with Gasteiger partial charge in [-0.25, -0.2) is 19.9 Å². The number of nitrogens with one attached hydrogen (secondary N) is 1. The van der Waals surface area contributed by atoms with Gasteiger partial charge in [0.1, 0.15) is 29.3 Å². The van der Waals surface area contributed by atoms with Gasteiger partial charge in [0.25, 0.3) is 0 Å². The van der Waals surface area contributed by atoms with E-state index in [1.165, 1.54) is 0 Å². The fourth-order valence-electron chi connectivity index (χ4n) is 2.24. The first-order valence-electron chi connectivity index (χ1n) is 6.66. The Morgan fingerprint density at radius 3 is 2.05 bits per heavy atom. The maximum absolute atomic E-state index is 4.44. The topological polar surface area (TPSA) is 73.5 Å². The lowest BCUT2D eigenvalue weighted by Crippen LogP contribution is -2.21. The van der Waals surface area contributed by atoms with Gasteiger partial charge in [-0.1, -0.05) is 0 Å². The fraction of sp³-hybridized carbons (Fsp3) is 0.286. The van der Waals surface area contributed by atoms with Crippen molar-refractivity contribution in [3.8, 4) is 0 Å². The first-order valence-corrected chi connectivity index (χ1v) is 6.66. The summed E-state index contributed by atoms with van der Waals surface area (Å²) in [6.45, 7) is 1.86. The predicted molar refractivity (Wildman–Crippen MR) is 78.7 cm³/mol. The number of anilines is 1. The zero-order valence-electron chi connectivity index (χ0n) is 12.2. The van der Waals surface area contributed by atoms with Crippen molar-refractivity contribution in [2.45, 2.75) is 13.0 Å². The van der Waals surface area contributed by atoms with Crippen LogP contribution in [0.15, 0.2) is 37.1 Å². The highest BCUT2D eigenvalue weighted by atomic mass is 15.2. The molecule has 0 atom stereocenters. The third-order valence-corrected chi connectivity index (χ3v) is 3.30. The van der Waals surface area contributed by atoms with E-state index in [9.17, 15) is 0 Å². The number of aryl methyl sites for hydroxylation is 3. The van der Waals surface area contributed by atoms with Crippen LogP contribution in [0.3, 0.4) is 0 Å². The Kier molecular flexibility index (Phi) is 3.39. The van der Waals surface area contributed by atoms with Gasteiger partial charge in [-0.3, -0.25) is 0 Å². The van der Waals surface area contributed by atoms with Gasteiger partial charge in [-0.2, -0.15) is 0 Å². The summed E-state index contributed by atoms with van der Waals surface area (Å²) in [5.74, 6) is 3.22. The highest BCUT2D eigenvalue weighted by molar-refractivity contribution is 5.38.